The van der Waals surface area contributed by atoms with Crippen LogP contribution in [0.2, 0.25) is 0 Å². The fourth-order valence-electron chi connectivity index (χ4n) is 3.35. The summed E-state index contributed by atoms with van der Waals surface area (Å²) < 4.78 is 12.3. The Morgan fingerprint density at radius 1 is 1.23 bits per heavy atom. The maximum absolute atomic E-state index is 12.6. The standard InChI is InChI=1S/C22H18N4O4/c1-12-13(2)25-26(22(28)16(12)10-23)11-21(27)24-17-9-19-15(8-20(17)29-3)14-6-4-5-7-18(14)30-19/h4-9H,11H2,1-3H3,(H,24,27). The quantitative estimate of drug-likeness (QED) is 0.561. The molecule has 150 valence electrons. The first kappa shape index (κ1) is 19.2. The fraction of sp³-hybridized carbons (Fsp3) is 0.182. The van der Waals surface area contributed by atoms with Crippen molar-refractivity contribution in [3.63, 3.8) is 0 Å². The van der Waals surface area contributed by atoms with Crippen LogP contribution >= 0.6 is 0 Å². The van der Waals surface area contributed by atoms with E-state index in [0.717, 1.165) is 21.0 Å². The Hall–Kier alpha value is -4.12. The van der Waals surface area contributed by atoms with E-state index >= 15 is 0 Å². The highest BCUT2D eigenvalue weighted by Gasteiger charge is 2.17. The molecule has 2 aromatic heterocycles. The van der Waals surface area contributed by atoms with Gasteiger partial charge in [-0.3, -0.25) is 9.59 Å². The number of hydrogen-bond acceptors (Lipinski definition) is 6. The van der Waals surface area contributed by atoms with Crippen LogP contribution < -0.4 is 15.6 Å². The molecule has 0 aliphatic carbocycles. The molecule has 0 radical (unpaired) electrons. The highest BCUT2D eigenvalue weighted by Crippen LogP contribution is 2.36. The van der Waals surface area contributed by atoms with Gasteiger partial charge in [0.2, 0.25) is 5.91 Å². The van der Waals surface area contributed by atoms with Crippen molar-refractivity contribution >= 4 is 33.5 Å². The molecule has 8 nitrogen and oxygen atoms in total. The Morgan fingerprint density at radius 2 is 2.00 bits per heavy atom. The summed E-state index contributed by atoms with van der Waals surface area (Å²) in [5.74, 6) is -0.0222. The number of nitrogens with zero attached hydrogens (tertiary/aromatic N) is 3. The van der Waals surface area contributed by atoms with Crippen LogP contribution in [0, 0.1) is 25.2 Å². The van der Waals surface area contributed by atoms with Crippen molar-refractivity contribution < 1.29 is 13.9 Å². The zero-order chi connectivity index (χ0) is 21.4. The average molecular weight is 402 g/mol. The molecule has 4 aromatic rings. The lowest BCUT2D eigenvalue weighted by molar-refractivity contribution is -0.117. The molecular formula is C22H18N4O4. The van der Waals surface area contributed by atoms with E-state index in [9.17, 15) is 14.9 Å². The molecule has 0 aliphatic rings. The second kappa shape index (κ2) is 7.37. The number of aryl methyl sites for hydroxylation is 1. The first-order valence-corrected chi connectivity index (χ1v) is 9.20. The SMILES string of the molecule is COc1cc2c(cc1NC(=O)Cn1nc(C)c(C)c(C#N)c1=O)oc1ccccc12. The minimum Gasteiger partial charge on any atom is -0.495 e. The highest BCUT2D eigenvalue weighted by atomic mass is 16.5. The summed E-state index contributed by atoms with van der Waals surface area (Å²) in [6.45, 7) is 3.00. The molecule has 0 bridgehead atoms. The number of nitrogens with one attached hydrogen (secondary N) is 1. The number of fused-ring (bicyclic) bond motifs is 3. The minimum atomic E-state index is -0.601. The summed E-state index contributed by atoms with van der Waals surface area (Å²) in [5, 5.41) is 17.9. The van der Waals surface area contributed by atoms with Gasteiger partial charge in [0, 0.05) is 16.8 Å². The van der Waals surface area contributed by atoms with Crippen LogP contribution in [0.15, 0.2) is 45.6 Å². The Labute approximate surface area is 171 Å². The van der Waals surface area contributed by atoms with Crippen molar-refractivity contribution in [1.82, 2.24) is 9.78 Å². The number of ether oxygens (including phenoxy) is 1. The molecule has 8 heteroatoms. The molecule has 1 N–H and O–H groups in total. The number of carbonyl (C=O) groups is 1. The van der Waals surface area contributed by atoms with Crippen LogP contribution in [0.25, 0.3) is 21.9 Å². The van der Waals surface area contributed by atoms with E-state index in [0.29, 0.717) is 28.3 Å². The van der Waals surface area contributed by atoms with Crippen molar-refractivity contribution in [2.75, 3.05) is 12.4 Å². The number of hydrogen-bond donors (Lipinski definition) is 1. The largest absolute Gasteiger partial charge is 0.495 e. The predicted molar refractivity (Wildman–Crippen MR) is 112 cm³/mol. The van der Waals surface area contributed by atoms with Gasteiger partial charge < -0.3 is 14.5 Å². The number of nitriles is 1. The van der Waals surface area contributed by atoms with Gasteiger partial charge in [0.05, 0.1) is 18.5 Å². The van der Waals surface area contributed by atoms with Crippen molar-refractivity contribution in [3.8, 4) is 11.8 Å². The van der Waals surface area contributed by atoms with E-state index in [1.165, 1.54) is 7.11 Å². The molecule has 0 saturated heterocycles. The molecule has 0 aliphatic heterocycles. The minimum absolute atomic E-state index is 0.0171. The number of anilines is 1. The van der Waals surface area contributed by atoms with Gasteiger partial charge in [-0.25, -0.2) is 4.68 Å². The number of rotatable bonds is 4. The number of amides is 1. The van der Waals surface area contributed by atoms with Crippen LogP contribution in [0.3, 0.4) is 0 Å². The lowest BCUT2D eigenvalue weighted by Gasteiger charge is -2.12. The van der Waals surface area contributed by atoms with Crippen molar-refractivity contribution in [2.24, 2.45) is 0 Å². The van der Waals surface area contributed by atoms with E-state index in [-0.39, 0.29) is 12.1 Å². The molecule has 30 heavy (non-hydrogen) atoms. The number of aromatic nitrogens is 2. The van der Waals surface area contributed by atoms with Crippen molar-refractivity contribution in [1.29, 1.82) is 5.26 Å². The number of carbonyl (C=O) groups excluding carboxylic acids is 1. The molecule has 2 aromatic carbocycles. The van der Waals surface area contributed by atoms with Crippen LogP contribution in [-0.2, 0) is 11.3 Å². The molecule has 1 amide bonds. The van der Waals surface area contributed by atoms with Gasteiger partial charge in [-0.15, -0.1) is 0 Å². The summed E-state index contributed by atoms with van der Waals surface area (Å²) in [6, 6.07) is 13.0. The van der Waals surface area contributed by atoms with Gasteiger partial charge >= 0.3 is 0 Å². The Morgan fingerprint density at radius 3 is 2.73 bits per heavy atom. The number of furan rings is 1. The third kappa shape index (κ3) is 3.16. The topological polar surface area (TPSA) is 110 Å². The van der Waals surface area contributed by atoms with E-state index in [1.54, 1.807) is 26.0 Å². The zero-order valence-corrected chi connectivity index (χ0v) is 16.6. The smallest absolute Gasteiger partial charge is 0.285 e. The normalized spacial score (nSPS) is 10.9. The Balaban J connectivity index is 1.68. The fourth-order valence-corrected chi connectivity index (χ4v) is 3.35. The predicted octanol–water partition coefficient (Wildman–Crippen LogP) is 3.28. The number of benzene rings is 2. The monoisotopic (exact) mass is 402 g/mol. The average Bonchev–Trinajstić information content (AvgIpc) is 3.09. The second-order valence-electron chi connectivity index (χ2n) is 6.86. The molecule has 2 heterocycles. The van der Waals surface area contributed by atoms with E-state index in [1.807, 2.05) is 30.3 Å². The Kier molecular flexibility index (Phi) is 4.72. The lowest BCUT2D eigenvalue weighted by Crippen LogP contribution is -2.32. The van der Waals surface area contributed by atoms with Crippen LogP contribution in [0.4, 0.5) is 5.69 Å². The summed E-state index contributed by atoms with van der Waals surface area (Å²) >= 11 is 0. The van der Waals surface area contributed by atoms with Crippen LogP contribution in [0.1, 0.15) is 16.8 Å². The van der Waals surface area contributed by atoms with E-state index in [2.05, 4.69) is 10.4 Å². The molecular weight excluding hydrogens is 384 g/mol. The van der Waals surface area contributed by atoms with Crippen LogP contribution in [-0.4, -0.2) is 22.8 Å². The van der Waals surface area contributed by atoms with Gasteiger partial charge in [-0.2, -0.15) is 10.4 Å². The highest BCUT2D eigenvalue weighted by molar-refractivity contribution is 6.07. The molecule has 0 saturated carbocycles. The lowest BCUT2D eigenvalue weighted by atomic mass is 10.1. The molecule has 4 rings (SSSR count). The molecule has 0 atom stereocenters. The van der Waals surface area contributed by atoms with Gasteiger partial charge in [0.1, 0.15) is 35.1 Å². The molecule has 0 unspecified atom stereocenters. The van der Waals surface area contributed by atoms with Crippen LogP contribution in [0.5, 0.6) is 5.75 Å². The number of para-hydroxylation sites is 1. The maximum atomic E-state index is 12.6. The van der Waals surface area contributed by atoms with Gasteiger partial charge in [-0.1, -0.05) is 18.2 Å². The van der Waals surface area contributed by atoms with Crippen molar-refractivity contribution in [3.05, 3.63) is 63.6 Å². The van der Waals surface area contributed by atoms with Gasteiger partial charge in [-0.05, 0) is 31.5 Å². The van der Waals surface area contributed by atoms with E-state index < -0.39 is 11.5 Å². The number of methoxy groups -OCH3 is 1. The van der Waals surface area contributed by atoms with E-state index in [4.69, 9.17) is 9.15 Å². The summed E-state index contributed by atoms with van der Waals surface area (Å²) in [4.78, 5) is 25.0. The third-order valence-electron chi connectivity index (χ3n) is 5.01. The third-order valence-corrected chi connectivity index (χ3v) is 5.01. The summed E-state index contributed by atoms with van der Waals surface area (Å²) in [7, 11) is 1.51. The van der Waals surface area contributed by atoms with Gasteiger partial charge in [0.25, 0.3) is 5.56 Å². The Bertz CT molecular complexity index is 1410. The second-order valence-corrected chi connectivity index (χ2v) is 6.86. The maximum Gasteiger partial charge on any atom is 0.285 e. The first-order chi connectivity index (χ1) is 14.4. The van der Waals surface area contributed by atoms with Crippen molar-refractivity contribution in [2.45, 2.75) is 20.4 Å². The molecule has 0 spiro atoms. The zero-order valence-electron chi connectivity index (χ0n) is 16.6. The summed E-state index contributed by atoms with van der Waals surface area (Å²) in [5.41, 5.74) is 2.14. The molecule has 0 fully saturated rings. The first-order valence-electron chi connectivity index (χ1n) is 9.20. The van der Waals surface area contributed by atoms with Gasteiger partial charge in [0.15, 0.2) is 0 Å². The summed E-state index contributed by atoms with van der Waals surface area (Å²) in [6.07, 6.45) is 0.